The van der Waals surface area contributed by atoms with Crippen molar-refractivity contribution < 1.29 is 4.74 Å². The highest BCUT2D eigenvalue weighted by atomic mass is 16.5. The Morgan fingerprint density at radius 1 is 1.67 bits per heavy atom. The van der Waals surface area contributed by atoms with Crippen LogP contribution in [0.1, 0.15) is 26.7 Å². The normalized spacial score (nSPS) is 43.6. The molecule has 0 spiro atoms. The third-order valence-electron chi connectivity index (χ3n) is 1.99. The van der Waals surface area contributed by atoms with E-state index in [9.17, 15) is 0 Å². The van der Waals surface area contributed by atoms with Crippen LogP contribution >= 0.6 is 0 Å². The Morgan fingerprint density at radius 2 is 2.33 bits per heavy atom. The summed E-state index contributed by atoms with van der Waals surface area (Å²) in [5.41, 5.74) is 0. The Balaban J connectivity index is 2.38. The lowest BCUT2D eigenvalue weighted by molar-refractivity contribution is 0.0718. The van der Waals surface area contributed by atoms with E-state index in [1.54, 1.807) is 0 Å². The molecule has 0 aromatic heterocycles. The summed E-state index contributed by atoms with van der Waals surface area (Å²) in [7, 11) is 5.57. The summed E-state index contributed by atoms with van der Waals surface area (Å²) in [5.74, 6) is 0.657. The molecule has 1 heterocycles. The van der Waals surface area contributed by atoms with Crippen LogP contribution < -0.4 is 0 Å². The molecule has 1 nitrogen and oxygen atoms in total. The maximum Gasteiger partial charge on any atom is 0.109 e. The average Bonchev–Trinajstić information content (AvgIpc) is 2.10. The molecule has 0 N–H and O–H groups in total. The van der Waals surface area contributed by atoms with Gasteiger partial charge >= 0.3 is 0 Å². The molecular formula is C7H13BO. The predicted octanol–water partition coefficient (Wildman–Crippen LogP) is 1.32. The van der Waals surface area contributed by atoms with Crippen molar-refractivity contribution in [1.82, 2.24) is 0 Å². The minimum Gasteiger partial charge on any atom is -0.384 e. The van der Waals surface area contributed by atoms with Gasteiger partial charge in [-0.05, 0) is 18.8 Å². The highest BCUT2D eigenvalue weighted by Crippen LogP contribution is 2.25. The highest BCUT2D eigenvalue weighted by molar-refractivity contribution is 6.11. The zero-order valence-corrected chi connectivity index (χ0v) is 6.13. The van der Waals surface area contributed by atoms with Gasteiger partial charge in [0.25, 0.3) is 0 Å². The lowest BCUT2D eigenvalue weighted by Gasteiger charge is -2.10. The van der Waals surface area contributed by atoms with E-state index in [4.69, 9.17) is 12.6 Å². The third-order valence-corrected chi connectivity index (χ3v) is 1.99. The van der Waals surface area contributed by atoms with Gasteiger partial charge in [0, 0.05) is 6.00 Å². The van der Waals surface area contributed by atoms with Gasteiger partial charge in [-0.2, -0.15) is 0 Å². The van der Waals surface area contributed by atoms with Crippen molar-refractivity contribution in [2.75, 3.05) is 0 Å². The lowest BCUT2D eigenvalue weighted by Crippen LogP contribution is -2.12. The quantitative estimate of drug-likeness (QED) is 0.479. The molecule has 0 bridgehead atoms. The van der Waals surface area contributed by atoms with Gasteiger partial charge in [0.2, 0.25) is 0 Å². The summed E-state index contributed by atoms with van der Waals surface area (Å²) >= 11 is 0. The molecule has 0 unspecified atom stereocenters. The van der Waals surface area contributed by atoms with Gasteiger partial charge in [-0.25, -0.2) is 0 Å². The molecule has 1 fully saturated rings. The van der Waals surface area contributed by atoms with Crippen LogP contribution in [-0.2, 0) is 4.74 Å². The summed E-state index contributed by atoms with van der Waals surface area (Å²) in [6.07, 6.45) is 2.54. The lowest BCUT2D eigenvalue weighted by atomic mass is 9.91. The summed E-state index contributed by atoms with van der Waals surface area (Å²) in [5, 5.41) is 0. The smallest absolute Gasteiger partial charge is 0.109 e. The Kier molecular flexibility index (Phi) is 2.17. The minimum absolute atomic E-state index is 0.00458. The number of ether oxygens (including phenoxy) is 1. The Labute approximate surface area is 58.2 Å². The molecule has 2 heteroatoms. The molecule has 9 heavy (non-hydrogen) atoms. The minimum atomic E-state index is 0.00458. The molecule has 1 aliphatic heterocycles. The zero-order chi connectivity index (χ0) is 6.85. The van der Waals surface area contributed by atoms with Crippen LogP contribution in [0.25, 0.3) is 0 Å². The molecule has 0 aromatic carbocycles. The monoisotopic (exact) mass is 124 g/mol. The van der Waals surface area contributed by atoms with Gasteiger partial charge < -0.3 is 4.74 Å². The van der Waals surface area contributed by atoms with E-state index in [1.165, 1.54) is 0 Å². The molecule has 3 atom stereocenters. The largest absolute Gasteiger partial charge is 0.384 e. The molecule has 0 aromatic rings. The van der Waals surface area contributed by atoms with Crippen molar-refractivity contribution >= 4 is 7.85 Å². The Hall–Kier alpha value is 0.0249. The second-order valence-corrected chi connectivity index (χ2v) is 2.83. The SMILES string of the molecule is [B][C@H]1C[C@H](C)[C@@H](CC)O1. The second kappa shape index (κ2) is 2.74. The number of rotatable bonds is 1. The fourth-order valence-electron chi connectivity index (χ4n) is 1.43. The third kappa shape index (κ3) is 1.48. The van der Waals surface area contributed by atoms with E-state index in [2.05, 4.69) is 13.8 Å². The van der Waals surface area contributed by atoms with Crippen molar-refractivity contribution in [3.05, 3.63) is 0 Å². The van der Waals surface area contributed by atoms with Crippen molar-refractivity contribution in [2.24, 2.45) is 5.92 Å². The number of hydrogen-bond donors (Lipinski definition) is 0. The summed E-state index contributed by atoms with van der Waals surface area (Å²) in [6.45, 7) is 4.33. The molecule has 1 aliphatic rings. The van der Waals surface area contributed by atoms with Crippen molar-refractivity contribution in [3.8, 4) is 0 Å². The van der Waals surface area contributed by atoms with Crippen LogP contribution in [0.3, 0.4) is 0 Å². The molecular weight excluding hydrogens is 111 g/mol. The van der Waals surface area contributed by atoms with Crippen molar-refractivity contribution in [2.45, 2.75) is 38.8 Å². The first kappa shape index (κ1) is 7.14. The maximum atomic E-state index is 5.57. The average molecular weight is 124 g/mol. The molecule has 0 saturated carbocycles. The van der Waals surface area contributed by atoms with Gasteiger partial charge in [-0.15, -0.1) is 0 Å². The summed E-state index contributed by atoms with van der Waals surface area (Å²) in [4.78, 5) is 0. The predicted molar refractivity (Wildman–Crippen MR) is 38.5 cm³/mol. The summed E-state index contributed by atoms with van der Waals surface area (Å²) < 4.78 is 5.40. The second-order valence-electron chi connectivity index (χ2n) is 2.83. The highest BCUT2D eigenvalue weighted by Gasteiger charge is 2.26. The first-order valence-corrected chi connectivity index (χ1v) is 3.65. The fourth-order valence-corrected chi connectivity index (χ4v) is 1.43. The van der Waals surface area contributed by atoms with Crippen molar-refractivity contribution in [3.63, 3.8) is 0 Å². The van der Waals surface area contributed by atoms with Gasteiger partial charge in [-0.3, -0.25) is 0 Å². The van der Waals surface area contributed by atoms with Gasteiger partial charge in [0.1, 0.15) is 7.85 Å². The summed E-state index contributed by atoms with van der Waals surface area (Å²) in [6, 6.07) is 0.00458. The van der Waals surface area contributed by atoms with Gasteiger partial charge in [0.15, 0.2) is 0 Å². The van der Waals surface area contributed by atoms with E-state index in [-0.39, 0.29) is 6.00 Å². The van der Waals surface area contributed by atoms with Crippen LogP contribution in [0.15, 0.2) is 0 Å². The van der Waals surface area contributed by atoms with E-state index in [0.717, 1.165) is 12.8 Å². The first-order valence-electron chi connectivity index (χ1n) is 3.65. The standard InChI is InChI=1S/C7H13BO/c1-3-6-5(2)4-7(8)9-6/h5-7H,3-4H2,1-2H3/t5-,6+,7+/m0/s1. The van der Waals surface area contributed by atoms with Crippen LogP contribution in [0, 0.1) is 5.92 Å². The van der Waals surface area contributed by atoms with Gasteiger partial charge in [-0.1, -0.05) is 13.8 Å². The maximum absolute atomic E-state index is 5.57. The topological polar surface area (TPSA) is 9.23 Å². The van der Waals surface area contributed by atoms with E-state index < -0.39 is 0 Å². The molecule has 1 rings (SSSR count). The van der Waals surface area contributed by atoms with E-state index >= 15 is 0 Å². The van der Waals surface area contributed by atoms with Crippen LogP contribution in [0.5, 0.6) is 0 Å². The Morgan fingerprint density at radius 3 is 2.56 bits per heavy atom. The van der Waals surface area contributed by atoms with Crippen LogP contribution in [0.4, 0.5) is 0 Å². The molecule has 1 saturated heterocycles. The Bertz CT molecular complexity index is 94.9. The van der Waals surface area contributed by atoms with Crippen LogP contribution in [-0.4, -0.2) is 20.0 Å². The zero-order valence-electron chi connectivity index (χ0n) is 6.13. The van der Waals surface area contributed by atoms with Crippen LogP contribution in [0.2, 0.25) is 0 Å². The first-order chi connectivity index (χ1) is 4.24. The number of hydrogen-bond acceptors (Lipinski definition) is 1. The molecule has 0 aliphatic carbocycles. The molecule has 2 radical (unpaired) electrons. The van der Waals surface area contributed by atoms with E-state index in [1.807, 2.05) is 0 Å². The van der Waals surface area contributed by atoms with Gasteiger partial charge in [0.05, 0.1) is 6.10 Å². The molecule has 0 amide bonds. The van der Waals surface area contributed by atoms with Crippen molar-refractivity contribution in [1.29, 1.82) is 0 Å². The molecule has 50 valence electrons. The van der Waals surface area contributed by atoms with E-state index in [0.29, 0.717) is 12.0 Å². The fraction of sp³-hybridized carbons (Fsp3) is 1.00.